The molecule has 1 aromatic carbocycles. The fourth-order valence-corrected chi connectivity index (χ4v) is 2.22. The summed E-state index contributed by atoms with van der Waals surface area (Å²) < 4.78 is 28.3. The van der Waals surface area contributed by atoms with Gasteiger partial charge in [-0.3, -0.25) is 0 Å². The van der Waals surface area contributed by atoms with Crippen LogP contribution < -0.4 is 0 Å². The van der Waals surface area contributed by atoms with Gasteiger partial charge < -0.3 is 9.64 Å². The molecule has 0 fully saturated rings. The molecular weight excluding hydrogens is 242 g/mol. The van der Waals surface area contributed by atoms with Gasteiger partial charge in [0.25, 0.3) is 0 Å². The van der Waals surface area contributed by atoms with Gasteiger partial charge in [0.2, 0.25) is 0 Å². The molecule has 0 radical (unpaired) electrons. The van der Waals surface area contributed by atoms with E-state index in [1.165, 1.54) is 31.1 Å². The van der Waals surface area contributed by atoms with Gasteiger partial charge in [0.15, 0.2) is 9.84 Å². The number of ether oxygens (including phenoxy) is 1. The van der Waals surface area contributed by atoms with E-state index < -0.39 is 15.9 Å². The highest BCUT2D eigenvalue weighted by molar-refractivity contribution is 7.91. The summed E-state index contributed by atoms with van der Waals surface area (Å²) in [4.78, 5) is 12.6. The molecule has 0 unspecified atom stereocenters. The minimum atomic E-state index is -3.38. The number of carbonyl (C=O) groups excluding carboxylic acids is 1. The number of sulfone groups is 1. The molecule has 0 saturated carbocycles. The molecule has 0 aromatic heterocycles. The number of nitrogens with zero attached hydrogens (tertiary/aromatic N) is 1. The van der Waals surface area contributed by atoms with E-state index in [1.807, 2.05) is 0 Å². The summed E-state index contributed by atoms with van der Waals surface area (Å²) in [7, 11) is -0.306. The second-order valence-electron chi connectivity index (χ2n) is 3.64. The summed E-state index contributed by atoms with van der Waals surface area (Å²) in [5, 5.41) is 0. The zero-order valence-corrected chi connectivity index (χ0v) is 10.6. The molecule has 0 spiro atoms. The van der Waals surface area contributed by atoms with Gasteiger partial charge in [-0.25, -0.2) is 13.2 Å². The monoisotopic (exact) mass is 257 g/mol. The summed E-state index contributed by atoms with van der Waals surface area (Å²) in [6, 6.07) is 8.08. The highest BCUT2D eigenvalue weighted by Gasteiger charge is 2.15. The average Bonchev–Trinajstić information content (AvgIpc) is 2.29. The van der Waals surface area contributed by atoms with Crippen molar-refractivity contribution >= 4 is 15.9 Å². The maximum atomic E-state index is 11.8. The molecule has 0 bridgehead atoms. The predicted molar refractivity (Wildman–Crippen MR) is 63.5 cm³/mol. The van der Waals surface area contributed by atoms with E-state index in [4.69, 9.17) is 4.74 Å². The van der Waals surface area contributed by atoms with Crippen LogP contribution in [0.25, 0.3) is 0 Å². The summed E-state index contributed by atoms with van der Waals surface area (Å²) >= 11 is 0. The highest BCUT2D eigenvalue weighted by atomic mass is 32.2. The number of rotatable bonds is 4. The molecule has 1 aromatic rings. The Labute approximate surface area is 101 Å². The van der Waals surface area contributed by atoms with Crippen LogP contribution in [0.5, 0.6) is 0 Å². The molecule has 6 heteroatoms. The summed E-state index contributed by atoms with van der Waals surface area (Å²) in [6.07, 6.45) is -0.548. The smallest absolute Gasteiger partial charge is 0.409 e. The lowest BCUT2D eigenvalue weighted by Crippen LogP contribution is -2.25. The quantitative estimate of drug-likeness (QED) is 0.812. The summed E-state index contributed by atoms with van der Waals surface area (Å²) in [6.45, 7) is -0.145. The van der Waals surface area contributed by atoms with Crippen molar-refractivity contribution in [3.8, 4) is 0 Å². The van der Waals surface area contributed by atoms with Gasteiger partial charge in [-0.2, -0.15) is 0 Å². The van der Waals surface area contributed by atoms with Gasteiger partial charge in [0.1, 0.15) is 6.61 Å². The molecule has 0 saturated heterocycles. The second kappa shape index (κ2) is 5.67. The van der Waals surface area contributed by atoms with Gasteiger partial charge in [-0.15, -0.1) is 0 Å². The maximum Gasteiger partial charge on any atom is 0.409 e. The van der Waals surface area contributed by atoms with Gasteiger partial charge in [0.05, 0.1) is 10.6 Å². The van der Waals surface area contributed by atoms with Crippen LogP contribution in [-0.2, 0) is 14.6 Å². The molecule has 0 N–H and O–H groups in total. The minimum absolute atomic E-state index is 0.145. The van der Waals surface area contributed by atoms with Gasteiger partial charge >= 0.3 is 6.09 Å². The van der Waals surface area contributed by atoms with Crippen LogP contribution >= 0.6 is 0 Å². The van der Waals surface area contributed by atoms with E-state index in [0.717, 1.165) is 0 Å². The van der Waals surface area contributed by atoms with Crippen molar-refractivity contribution in [1.82, 2.24) is 4.90 Å². The zero-order valence-electron chi connectivity index (χ0n) is 9.79. The van der Waals surface area contributed by atoms with E-state index in [9.17, 15) is 13.2 Å². The zero-order chi connectivity index (χ0) is 12.9. The molecule has 0 heterocycles. The molecule has 94 valence electrons. The largest absolute Gasteiger partial charge is 0.448 e. The SMILES string of the molecule is CN(C)C(=O)OCCS(=O)(=O)c1ccccc1. The van der Waals surface area contributed by atoms with Crippen molar-refractivity contribution in [3.05, 3.63) is 30.3 Å². The Kier molecular flexibility index (Phi) is 4.51. The third kappa shape index (κ3) is 4.07. The number of hydrogen-bond acceptors (Lipinski definition) is 4. The van der Waals surface area contributed by atoms with Gasteiger partial charge in [-0.1, -0.05) is 18.2 Å². The molecular formula is C11H15NO4S. The van der Waals surface area contributed by atoms with Crippen LogP contribution in [0.1, 0.15) is 0 Å². The minimum Gasteiger partial charge on any atom is -0.448 e. The van der Waals surface area contributed by atoms with E-state index in [2.05, 4.69) is 0 Å². The Morgan fingerprint density at radius 2 is 1.82 bits per heavy atom. The fourth-order valence-electron chi connectivity index (χ4n) is 1.11. The number of amides is 1. The van der Waals surface area contributed by atoms with E-state index in [1.54, 1.807) is 18.2 Å². The van der Waals surface area contributed by atoms with Crippen molar-refractivity contribution in [2.75, 3.05) is 26.5 Å². The van der Waals surface area contributed by atoms with E-state index in [-0.39, 0.29) is 17.3 Å². The third-order valence-corrected chi connectivity index (χ3v) is 3.74. The van der Waals surface area contributed by atoms with Crippen molar-refractivity contribution in [2.24, 2.45) is 0 Å². The Balaban J connectivity index is 2.55. The van der Waals surface area contributed by atoms with Crippen molar-refractivity contribution < 1.29 is 17.9 Å². The van der Waals surface area contributed by atoms with E-state index >= 15 is 0 Å². The molecule has 17 heavy (non-hydrogen) atoms. The number of carbonyl (C=O) groups is 1. The van der Waals surface area contributed by atoms with Crippen molar-refractivity contribution in [3.63, 3.8) is 0 Å². The van der Waals surface area contributed by atoms with Crippen LogP contribution in [0.15, 0.2) is 35.2 Å². The Bertz CT molecular complexity index is 468. The summed E-state index contributed by atoms with van der Waals surface area (Å²) in [5.74, 6) is -0.212. The molecule has 0 atom stereocenters. The normalized spacial score (nSPS) is 10.9. The van der Waals surface area contributed by atoms with Crippen LogP contribution in [0, 0.1) is 0 Å². The fraction of sp³-hybridized carbons (Fsp3) is 0.364. The first-order chi connectivity index (χ1) is 7.93. The first-order valence-electron chi connectivity index (χ1n) is 5.05. The van der Waals surface area contributed by atoms with Crippen LogP contribution in [0.2, 0.25) is 0 Å². The summed E-state index contributed by atoms with van der Waals surface area (Å²) in [5.41, 5.74) is 0. The van der Waals surface area contributed by atoms with E-state index in [0.29, 0.717) is 0 Å². The topological polar surface area (TPSA) is 63.7 Å². The molecule has 0 aliphatic carbocycles. The lowest BCUT2D eigenvalue weighted by Gasteiger charge is -2.11. The first-order valence-corrected chi connectivity index (χ1v) is 6.70. The van der Waals surface area contributed by atoms with Crippen molar-refractivity contribution in [1.29, 1.82) is 0 Å². The average molecular weight is 257 g/mol. The van der Waals surface area contributed by atoms with Crippen molar-refractivity contribution in [2.45, 2.75) is 4.90 Å². The lowest BCUT2D eigenvalue weighted by atomic mass is 10.4. The van der Waals surface area contributed by atoms with Crippen LogP contribution in [0.3, 0.4) is 0 Å². The molecule has 0 aliphatic rings. The standard InChI is InChI=1S/C11H15NO4S/c1-12(2)11(13)16-8-9-17(14,15)10-6-4-3-5-7-10/h3-7H,8-9H2,1-2H3. The highest BCUT2D eigenvalue weighted by Crippen LogP contribution is 2.09. The molecule has 0 aliphatic heterocycles. The molecule has 5 nitrogen and oxygen atoms in total. The van der Waals surface area contributed by atoms with Gasteiger partial charge in [0, 0.05) is 14.1 Å². The Morgan fingerprint density at radius 3 is 2.35 bits per heavy atom. The predicted octanol–water partition coefficient (Wildman–Crippen LogP) is 1.16. The first kappa shape index (κ1) is 13.5. The third-order valence-electron chi connectivity index (χ3n) is 2.05. The number of hydrogen-bond donors (Lipinski definition) is 0. The van der Waals surface area contributed by atoms with Crippen LogP contribution in [0.4, 0.5) is 4.79 Å². The number of benzene rings is 1. The van der Waals surface area contributed by atoms with Gasteiger partial charge in [-0.05, 0) is 12.1 Å². The molecule has 1 amide bonds. The molecule has 1 rings (SSSR count). The lowest BCUT2D eigenvalue weighted by molar-refractivity contribution is 0.124. The Morgan fingerprint density at radius 1 is 1.24 bits per heavy atom. The maximum absolute atomic E-state index is 11.8. The van der Waals surface area contributed by atoms with Crippen LogP contribution in [-0.4, -0.2) is 45.9 Å². The Hall–Kier alpha value is -1.56. The second-order valence-corrected chi connectivity index (χ2v) is 5.75.